The minimum atomic E-state index is 0.397. The van der Waals surface area contributed by atoms with Gasteiger partial charge in [-0.15, -0.1) is 0 Å². The summed E-state index contributed by atoms with van der Waals surface area (Å²) in [5.41, 5.74) is 4.85. The molecule has 0 aliphatic heterocycles. The van der Waals surface area contributed by atoms with E-state index in [9.17, 15) is 0 Å². The van der Waals surface area contributed by atoms with E-state index in [1.807, 2.05) is 12.1 Å². The molecule has 2 rings (SSSR count). The fourth-order valence-electron chi connectivity index (χ4n) is 1.22. The van der Waals surface area contributed by atoms with E-state index in [4.69, 9.17) is 5.21 Å². The van der Waals surface area contributed by atoms with E-state index < -0.39 is 0 Å². The number of hydrogen-bond acceptors (Lipinski definition) is 3. The van der Waals surface area contributed by atoms with Gasteiger partial charge in [-0.05, 0) is 28.1 Å². The Labute approximate surface area is 83.1 Å². The molecule has 4 nitrogen and oxygen atoms in total. The summed E-state index contributed by atoms with van der Waals surface area (Å²) < 4.78 is 0.936. The zero-order valence-corrected chi connectivity index (χ0v) is 8.30. The first-order chi connectivity index (χ1) is 6.29. The molecule has 2 aromatic rings. The third-order valence-electron chi connectivity index (χ3n) is 1.76. The lowest BCUT2D eigenvalue weighted by atomic mass is 10.4. The van der Waals surface area contributed by atoms with Gasteiger partial charge in [0.15, 0.2) is 0 Å². The van der Waals surface area contributed by atoms with Crippen molar-refractivity contribution in [2.75, 3.05) is 0 Å². The second-order valence-corrected chi connectivity index (χ2v) is 3.63. The lowest BCUT2D eigenvalue weighted by molar-refractivity contribution is 0.160. The number of fused-ring (bicyclic) bond motifs is 1. The molecule has 0 fully saturated rings. The summed E-state index contributed by atoms with van der Waals surface area (Å²) >= 11 is 3.33. The second-order valence-electron chi connectivity index (χ2n) is 2.72. The normalized spacial score (nSPS) is 10.9. The van der Waals surface area contributed by atoms with E-state index in [-0.39, 0.29) is 0 Å². The quantitative estimate of drug-likeness (QED) is 0.703. The van der Waals surface area contributed by atoms with Crippen LogP contribution in [0.15, 0.2) is 22.8 Å². The first-order valence-corrected chi connectivity index (χ1v) is 4.59. The van der Waals surface area contributed by atoms with Crippen molar-refractivity contribution >= 4 is 27.0 Å². The van der Waals surface area contributed by atoms with Crippen LogP contribution >= 0.6 is 15.9 Å². The van der Waals surface area contributed by atoms with Crippen molar-refractivity contribution < 1.29 is 5.21 Å². The monoisotopic (exact) mass is 241 g/mol. The van der Waals surface area contributed by atoms with Gasteiger partial charge in [0.2, 0.25) is 0 Å². The summed E-state index contributed by atoms with van der Waals surface area (Å²) in [5.74, 6) is 0. The third kappa shape index (κ3) is 1.72. The molecule has 0 saturated carbocycles. The highest BCUT2D eigenvalue weighted by Crippen LogP contribution is 2.17. The first-order valence-electron chi connectivity index (χ1n) is 3.79. The Kier molecular flexibility index (Phi) is 2.30. The van der Waals surface area contributed by atoms with E-state index in [1.165, 1.54) is 0 Å². The summed E-state index contributed by atoms with van der Waals surface area (Å²) in [4.78, 5) is 7.32. The number of hydrogen-bond donors (Lipinski definition) is 3. The van der Waals surface area contributed by atoms with Crippen molar-refractivity contribution in [3.05, 3.63) is 28.5 Å². The Morgan fingerprint density at radius 1 is 1.54 bits per heavy atom. The summed E-state index contributed by atoms with van der Waals surface area (Å²) in [6, 6.07) is 3.84. The van der Waals surface area contributed by atoms with Crippen molar-refractivity contribution in [2.24, 2.45) is 0 Å². The maximum atomic E-state index is 8.50. The average Bonchev–Trinajstić information content (AvgIpc) is 2.46. The maximum absolute atomic E-state index is 8.50. The third-order valence-corrected chi connectivity index (χ3v) is 2.19. The Balaban J connectivity index is 2.49. The van der Waals surface area contributed by atoms with Gasteiger partial charge in [0, 0.05) is 16.4 Å². The summed E-state index contributed by atoms with van der Waals surface area (Å²) in [6.45, 7) is 0.397. The maximum Gasteiger partial charge on any atom is 0.0883 e. The van der Waals surface area contributed by atoms with E-state index in [0.29, 0.717) is 6.54 Å². The highest BCUT2D eigenvalue weighted by atomic mass is 79.9. The molecule has 0 amide bonds. The van der Waals surface area contributed by atoms with Gasteiger partial charge in [-0.25, -0.2) is 0 Å². The van der Waals surface area contributed by atoms with Gasteiger partial charge in [0.25, 0.3) is 0 Å². The molecule has 0 bridgehead atoms. The minimum Gasteiger partial charge on any atom is -0.356 e. The molecule has 0 aromatic carbocycles. The van der Waals surface area contributed by atoms with Crippen molar-refractivity contribution in [3.8, 4) is 0 Å². The largest absolute Gasteiger partial charge is 0.356 e. The van der Waals surface area contributed by atoms with Gasteiger partial charge in [-0.3, -0.25) is 4.98 Å². The SMILES string of the molecule is ONCc1cc2ncc(Br)cc2[nH]1. The van der Waals surface area contributed by atoms with Crippen LogP contribution in [0.4, 0.5) is 0 Å². The zero-order chi connectivity index (χ0) is 9.26. The summed E-state index contributed by atoms with van der Waals surface area (Å²) in [7, 11) is 0. The number of halogens is 1. The minimum absolute atomic E-state index is 0.397. The molecule has 0 atom stereocenters. The number of nitrogens with one attached hydrogen (secondary N) is 2. The molecule has 0 radical (unpaired) electrons. The van der Waals surface area contributed by atoms with E-state index in [2.05, 4.69) is 31.4 Å². The molecule has 0 spiro atoms. The van der Waals surface area contributed by atoms with Gasteiger partial charge in [0.1, 0.15) is 0 Å². The van der Waals surface area contributed by atoms with Crippen LogP contribution in [0.3, 0.4) is 0 Å². The molecule has 13 heavy (non-hydrogen) atoms. The number of H-pyrrole nitrogens is 1. The van der Waals surface area contributed by atoms with Crippen molar-refractivity contribution in [2.45, 2.75) is 6.54 Å². The zero-order valence-electron chi connectivity index (χ0n) is 6.71. The fraction of sp³-hybridized carbons (Fsp3) is 0.125. The number of aromatic amines is 1. The smallest absolute Gasteiger partial charge is 0.0883 e. The standard InChI is InChI=1S/C8H8BrN3O/c9-5-1-8-7(10-3-5)2-6(12-8)4-11-13/h1-3,11-13H,4H2. The molecule has 0 aliphatic rings. The summed E-state index contributed by atoms with van der Waals surface area (Å²) in [5, 5.41) is 8.50. The molecular weight excluding hydrogens is 234 g/mol. The number of nitrogens with zero attached hydrogens (tertiary/aromatic N) is 1. The molecule has 0 aliphatic carbocycles. The number of hydroxylamine groups is 1. The van der Waals surface area contributed by atoms with Gasteiger partial charge in [-0.2, -0.15) is 5.48 Å². The second kappa shape index (κ2) is 3.45. The van der Waals surface area contributed by atoms with Gasteiger partial charge >= 0.3 is 0 Å². The highest BCUT2D eigenvalue weighted by molar-refractivity contribution is 9.10. The van der Waals surface area contributed by atoms with Crippen LogP contribution in [0, 0.1) is 0 Å². The molecular formula is C8H8BrN3O. The van der Waals surface area contributed by atoms with Crippen LogP contribution in [0.2, 0.25) is 0 Å². The molecule has 0 saturated heterocycles. The van der Waals surface area contributed by atoms with Crippen molar-refractivity contribution in [3.63, 3.8) is 0 Å². The predicted molar refractivity (Wildman–Crippen MR) is 52.4 cm³/mol. The van der Waals surface area contributed by atoms with Crippen LogP contribution in [0.5, 0.6) is 0 Å². The van der Waals surface area contributed by atoms with E-state index in [1.54, 1.807) is 6.20 Å². The summed E-state index contributed by atoms with van der Waals surface area (Å²) in [6.07, 6.45) is 1.74. The number of rotatable bonds is 2. The van der Waals surface area contributed by atoms with Crippen LogP contribution < -0.4 is 5.48 Å². The lowest BCUT2D eigenvalue weighted by Gasteiger charge is -1.91. The van der Waals surface area contributed by atoms with Crippen LogP contribution in [-0.2, 0) is 6.54 Å². The molecule has 3 N–H and O–H groups in total. The van der Waals surface area contributed by atoms with Crippen LogP contribution in [0.1, 0.15) is 5.69 Å². The Hall–Kier alpha value is -0.910. The Morgan fingerprint density at radius 2 is 2.38 bits per heavy atom. The van der Waals surface area contributed by atoms with Gasteiger partial charge in [0.05, 0.1) is 17.6 Å². The van der Waals surface area contributed by atoms with Gasteiger partial charge in [-0.1, -0.05) is 0 Å². The van der Waals surface area contributed by atoms with Crippen molar-refractivity contribution in [1.82, 2.24) is 15.4 Å². The van der Waals surface area contributed by atoms with Crippen LogP contribution in [0.25, 0.3) is 11.0 Å². The number of aromatic nitrogens is 2. The topological polar surface area (TPSA) is 60.9 Å². The molecule has 68 valence electrons. The Morgan fingerprint density at radius 3 is 3.15 bits per heavy atom. The number of pyridine rings is 1. The van der Waals surface area contributed by atoms with E-state index >= 15 is 0 Å². The van der Waals surface area contributed by atoms with Crippen molar-refractivity contribution in [1.29, 1.82) is 0 Å². The van der Waals surface area contributed by atoms with Crippen LogP contribution in [-0.4, -0.2) is 15.2 Å². The Bertz CT molecular complexity index is 426. The average molecular weight is 242 g/mol. The van der Waals surface area contributed by atoms with E-state index in [0.717, 1.165) is 21.2 Å². The lowest BCUT2D eigenvalue weighted by Crippen LogP contribution is -2.05. The fourth-order valence-corrected chi connectivity index (χ4v) is 1.55. The molecule has 5 heteroatoms. The predicted octanol–water partition coefficient (Wildman–Crippen LogP) is 1.80. The molecule has 2 aromatic heterocycles. The highest BCUT2D eigenvalue weighted by Gasteiger charge is 2.01. The molecule has 0 unspecified atom stereocenters. The van der Waals surface area contributed by atoms with Gasteiger partial charge < -0.3 is 10.2 Å². The first kappa shape index (κ1) is 8.68. The molecule has 2 heterocycles.